The minimum absolute atomic E-state index is 0.276. The lowest BCUT2D eigenvalue weighted by Crippen LogP contribution is -2.48. The van der Waals surface area contributed by atoms with Crippen molar-refractivity contribution in [2.24, 2.45) is 11.8 Å². The average molecular weight is 317 g/mol. The first-order chi connectivity index (χ1) is 10.6. The van der Waals surface area contributed by atoms with Crippen molar-refractivity contribution in [3.8, 4) is 0 Å². The van der Waals surface area contributed by atoms with Gasteiger partial charge in [-0.05, 0) is 33.1 Å². The molecule has 3 heteroatoms. The van der Waals surface area contributed by atoms with E-state index >= 15 is 0 Å². The number of hydrogen-bond acceptors (Lipinski definition) is 3. The van der Waals surface area contributed by atoms with Gasteiger partial charge in [-0.15, -0.1) is 0 Å². The molecule has 22 heavy (non-hydrogen) atoms. The fourth-order valence-electron chi connectivity index (χ4n) is 3.11. The molecule has 0 aliphatic heterocycles. The van der Waals surface area contributed by atoms with Gasteiger partial charge in [-0.3, -0.25) is 0 Å². The second-order valence-corrected chi connectivity index (χ2v) is 6.31. The maximum absolute atomic E-state index is 5.99. The molecular formula is C19H40O3. The summed E-state index contributed by atoms with van der Waals surface area (Å²) in [7, 11) is 0. The van der Waals surface area contributed by atoms with Crippen LogP contribution in [0.1, 0.15) is 86.5 Å². The molecule has 0 fully saturated rings. The lowest BCUT2D eigenvalue weighted by Gasteiger charge is -2.41. The van der Waals surface area contributed by atoms with Crippen LogP contribution in [0.2, 0.25) is 0 Å². The number of rotatable bonds is 15. The Hall–Kier alpha value is -0.120. The molecule has 0 spiro atoms. The highest BCUT2D eigenvalue weighted by Gasteiger charge is 2.43. The first kappa shape index (κ1) is 21.9. The molecule has 0 amide bonds. The van der Waals surface area contributed by atoms with E-state index < -0.39 is 5.97 Å². The van der Waals surface area contributed by atoms with E-state index in [1.54, 1.807) is 0 Å². The van der Waals surface area contributed by atoms with Gasteiger partial charge in [0.15, 0.2) is 0 Å². The van der Waals surface area contributed by atoms with Gasteiger partial charge in [0, 0.05) is 25.7 Å². The molecule has 0 aliphatic carbocycles. The zero-order valence-electron chi connectivity index (χ0n) is 16.0. The van der Waals surface area contributed by atoms with Crippen molar-refractivity contribution in [3.05, 3.63) is 0 Å². The SMILES string of the molecule is CCCCCCCCC(C(C)C)C(OCC)(OCC)OCC. The summed E-state index contributed by atoms with van der Waals surface area (Å²) in [6.45, 7) is 14.6. The first-order valence-electron chi connectivity index (χ1n) is 9.49. The number of unbranched alkanes of at least 4 members (excludes halogenated alkanes) is 5. The highest BCUT2D eigenvalue weighted by Crippen LogP contribution is 2.35. The van der Waals surface area contributed by atoms with E-state index in [-0.39, 0.29) is 5.92 Å². The molecule has 0 rings (SSSR count). The monoisotopic (exact) mass is 316 g/mol. The standard InChI is InChI=1S/C19H40O3/c1-7-11-12-13-14-15-16-18(17(5)6)19(20-8-2,21-9-3)22-10-4/h17-18H,7-16H2,1-6H3. The predicted octanol–water partition coefficient (Wildman–Crippen LogP) is 5.77. The van der Waals surface area contributed by atoms with Crippen LogP contribution in [0.5, 0.6) is 0 Å². The summed E-state index contributed by atoms with van der Waals surface area (Å²) in [5.74, 6) is -0.116. The second kappa shape index (κ2) is 13.3. The van der Waals surface area contributed by atoms with Gasteiger partial charge in [0.25, 0.3) is 5.97 Å². The number of hydrogen-bond donors (Lipinski definition) is 0. The van der Waals surface area contributed by atoms with Crippen LogP contribution < -0.4 is 0 Å². The molecule has 134 valence electrons. The van der Waals surface area contributed by atoms with Crippen LogP contribution in [0.3, 0.4) is 0 Å². The summed E-state index contributed by atoms with van der Waals surface area (Å²) in [5, 5.41) is 0. The smallest absolute Gasteiger partial charge is 0.286 e. The minimum atomic E-state index is -0.865. The topological polar surface area (TPSA) is 27.7 Å². The molecule has 0 aliphatic rings. The van der Waals surface area contributed by atoms with Crippen LogP contribution in [-0.2, 0) is 14.2 Å². The Kier molecular flexibility index (Phi) is 13.3. The normalized spacial score (nSPS) is 13.8. The molecule has 0 aromatic rings. The van der Waals surface area contributed by atoms with Crippen molar-refractivity contribution in [1.29, 1.82) is 0 Å². The molecule has 1 unspecified atom stereocenters. The van der Waals surface area contributed by atoms with E-state index in [1.165, 1.54) is 38.5 Å². The van der Waals surface area contributed by atoms with E-state index in [1.807, 2.05) is 20.8 Å². The van der Waals surface area contributed by atoms with Crippen molar-refractivity contribution < 1.29 is 14.2 Å². The molecule has 0 bridgehead atoms. The Bertz CT molecular complexity index is 224. The molecule has 1 atom stereocenters. The lowest BCUT2D eigenvalue weighted by atomic mass is 9.87. The van der Waals surface area contributed by atoms with Gasteiger partial charge in [-0.25, -0.2) is 0 Å². The van der Waals surface area contributed by atoms with E-state index in [9.17, 15) is 0 Å². The fourth-order valence-corrected chi connectivity index (χ4v) is 3.11. The van der Waals surface area contributed by atoms with Crippen molar-refractivity contribution in [2.75, 3.05) is 19.8 Å². The Morgan fingerprint density at radius 3 is 1.55 bits per heavy atom. The minimum Gasteiger partial charge on any atom is -0.328 e. The van der Waals surface area contributed by atoms with Crippen LogP contribution >= 0.6 is 0 Å². The van der Waals surface area contributed by atoms with Crippen LogP contribution in [-0.4, -0.2) is 25.8 Å². The Labute approximate surface area is 139 Å². The molecule has 0 saturated carbocycles. The van der Waals surface area contributed by atoms with Crippen LogP contribution in [0.15, 0.2) is 0 Å². The maximum atomic E-state index is 5.99. The van der Waals surface area contributed by atoms with Crippen molar-refractivity contribution in [2.45, 2.75) is 92.5 Å². The molecule has 0 aromatic heterocycles. The van der Waals surface area contributed by atoms with Gasteiger partial charge in [-0.2, -0.15) is 0 Å². The Morgan fingerprint density at radius 2 is 1.14 bits per heavy atom. The first-order valence-corrected chi connectivity index (χ1v) is 9.49. The fraction of sp³-hybridized carbons (Fsp3) is 1.00. The molecule has 0 aromatic carbocycles. The van der Waals surface area contributed by atoms with Gasteiger partial charge < -0.3 is 14.2 Å². The Morgan fingerprint density at radius 1 is 0.682 bits per heavy atom. The zero-order valence-corrected chi connectivity index (χ0v) is 16.0. The zero-order chi connectivity index (χ0) is 16.8. The van der Waals surface area contributed by atoms with Crippen LogP contribution in [0.25, 0.3) is 0 Å². The quantitative estimate of drug-likeness (QED) is 0.283. The highest BCUT2D eigenvalue weighted by atomic mass is 16.9. The summed E-state index contributed by atoms with van der Waals surface area (Å²) in [4.78, 5) is 0. The summed E-state index contributed by atoms with van der Waals surface area (Å²) in [6.07, 6.45) is 8.97. The van der Waals surface area contributed by atoms with Crippen LogP contribution in [0.4, 0.5) is 0 Å². The van der Waals surface area contributed by atoms with E-state index in [0.717, 1.165) is 6.42 Å². The van der Waals surface area contributed by atoms with Crippen molar-refractivity contribution >= 4 is 0 Å². The van der Waals surface area contributed by atoms with Gasteiger partial charge in [0.1, 0.15) is 0 Å². The molecule has 0 radical (unpaired) electrons. The highest BCUT2D eigenvalue weighted by molar-refractivity contribution is 4.75. The van der Waals surface area contributed by atoms with Gasteiger partial charge >= 0.3 is 0 Å². The Balaban J connectivity index is 4.67. The summed E-state index contributed by atoms with van der Waals surface area (Å²) >= 11 is 0. The lowest BCUT2D eigenvalue weighted by molar-refractivity contribution is -0.407. The van der Waals surface area contributed by atoms with Gasteiger partial charge in [0.2, 0.25) is 0 Å². The molecule has 3 nitrogen and oxygen atoms in total. The van der Waals surface area contributed by atoms with Crippen LogP contribution in [0, 0.1) is 11.8 Å². The molecule has 0 saturated heterocycles. The van der Waals surface area contributed by atoms with Crippen molar-refractivity contribution in [1.82, 2.24) is 0 Å². The second-order valence-electron chi connectivity index (χ2n) is 6.31. The van der Waals surface area contributed by atoms with E-state index in [2.05, 4.69) is 20.8 Å². The maximum Gasteiger partial charge on any atom is 0.286 e. The third-order valence-electron chi connectivity index (χ3n) is 4.16. The summed E-state index contributed by atoms with van der Waals surface area (Å²) in [5.41, 5.74) is 0. The third kappa shape index (κ3) is 7.94. The summed E-state index contributed by atoms with van der Waals surface area (Å²) < 4.78 is 18.0. The van der Waals surface area contributed by atoms with Gasteiger partial charge in [0.05, 0.1) is 0 Å². The van der Waals surface area contributed by atoms with Gasteiger partial charge in [-0.1, -0.05) is 59.3 Å². The molecule has 0 N–H and O–H groups in total. The molecule has 0 heterocycles. The predicted molar refractivity (Wildman–Crippen MR) is 93.9 cm³/mol. The summed E-state index contributed by atoms with van der Waals surface area (Å²) in [6, 6.07) is 0. The molecular weight excluding hydrogens is 276 g/mol. The number of ether oxygens (including phenoxy) is 3. The largest absolute Gasteiger partial charge is 0.328 e. The van der Waals surface area contributed by atoms with Crippen molar-refractivity contribution in [3.63, 3.8) is 0 Å². The third-order valence-corrected chi connectivity index (χ3v) is 4.16. The van der Waals surface area contributed by atoms with E-state index in [4.69, 9.17) is 14.2 Å². The van der Waals surface area contributed by atoms with E-state index in [0.29, 0.717) is 25.7 Å². The average Bonchev–Trinajstić information content (AvgIpc) is 2.46.